The van der Waals surface area contributed by atoms with Gasteiger partial charge in [-0.15, -0.1) is 0 Å². The van der Waals surface area contributed by atoms with E-state index in [1.807, 2.05) is 55.5 Å². The zero-order valence-corrected chi connectivity index (χ0v) is 12.6. The number of ether oxygens (including phenoxy) is 2. The second kappa shape index (κ2) is 7.70. The van der Waals surface area contributed by atoms with Gasteiger partial charge in [0, 0.05) is 0 Å². The Balaban J connectivity index is 1.89. The van der Waals surface area contributed by atoms with Gasteiger partial charge in [-0.3, -0.25) is 0 Å². The van der Waals surface area contributed by atoms with Gasteiger partial charge in [-0.2, -0.15) is 0 Å². The van der Waals surface area contributed by atoms with Crippen molar-refractivity contribution >= 4 is 0 Å². The van der Waals surface area contributed by atoms with Crippen molar-refractivity contribution in [2.45, 2.75) is 26.4 Å². The number of hydrogen-bond donors (Lipinski definition) is 1. The third-order valence-corrected chi connectivity index (χ3v) is 3.25. The van der Waals surface area contributed by atoms with Gasteiger partial charge in [0.05, 0.1) is 6.61 Å². The van der Waals surface area contributed by atoms with Gasteiger partial charge in [0.1, 0.15) is 24.2 Å². The zero-order chi connectivity index (χ0) is 15.1. The Kier molecular flexibility index (Phi) is 5.64. The monoisotopic (exact) mass is 286 g/mol. The Morgan fingerprint density at radius 3 is 2.19 bits per heavy atom. The van der Waals surface area contributed by atoms with E-state index in [0.717, 1.165) is 29.0 Å². The molecule has 0 aliphatic carbocycles. The number of benzene rings is 2. The Morgan fingerprint density at radius 1 is 0.952 bits per heavy atom. The van der Waals surface area contributed by atoms with Crippen LogP contribution in [0.3, 0.4) is 0 Å². The van der Waals surface area contributed by atoms with Crippen LogP contribution in [0.2, 0.25) is 0 Å². The van der Waals surface area contributed by atoms with Gasteiger partial charge in [0.15, 0.2) is 0 Å². The van der Waals surface area contributed by atoms with Crippen LogP contribution < -0.4 is 9.47 Å². The molecule has 0 bridgehead atoms. The summed E-state index contributed by atoms with van der Waals surface area (Å²) in [6.07, 6.45) is 0.364. The van der Waals surface area contributed by atoms with Crippen LogP contribution in [0.5, 0.6) is 11.5 Å². The van der Waals surface area contributed by atoms with Gasteiger partial charge >= 0.3 is 0 Å². The van der Waals surface area contributed by atoms with Crippen molar-refractivity contribution in [1.82, 2.24) is 0 Å². The van der Waals surface area contributed by atoms with Gasteiger partial charge in [-0.1, -0.05) is 31.2 Å². The smallest absolute Gasteiger partial charge is 0.119 e. The molecule has 0 heterocycles. The highest BCUT2D eigenvalue weighted by atomic mass is 16.5. The van der Waals surface area contributed by atoms with Gasteiger partial charge in [-0.05, 0) is 48.7 Å². The summed E-state index contributed by atoms with van der Waals surface area (Å²) in [7, 11) is 0. The lowest BCUT2D eigenvalue weighted by Crippen LogP contribution is -2.10. The van der Waals surface area contributed by atoms with Crippen LogP contribution in [0, 0.1) is 6.92 Å². The lowest BCUT2D eigenvalue weighted by atomic mass is 10.0. The maximum atomic E-state index is 10.2. The molecule has 3 heteroatoms. The Bertz CT molecular complexity index is 549. The Labute approximate surface area is 126 Å². The maximum Gasteiger partial charge on any atom is 0.119 e. The summed E-state index contributed by atoms with van der Waals surface area (Å²) in [6.45, 7) is 5.01. The average molecular weight is 286 g/mol. The number of hydrogen-bond acceptors (Lipinski definition) is 3. The van der Waals surface area contributed by atoms with Crippen LogP contribution in [-0.2, 0) is 0 Å². The van der Waals surface area contributed by atoms with Crippen molar-refractivity contribution in [1.29, 1.82) is 0 Å². The van der Waals surface area contributed by atoms with Crippen LogP contribution >= 0.6 is 0 Å². The maximum absolute atomic E-state index is 10.2. The summed E-state index contributed by atoms with van der Waals surface area (Å²) in [5, 5.41) is 10.2. The van der Waals surface area contributed by atoms with Crippen LogP contribution in [0.1, 0.15) is 30.6 Å². The molecule has 0 radical (unpaired) electrons. The molecular formula is C18H22O3. The molecule has 2 aromatic rings. The van der Waals surface area contributed by atoms with E-state index in [1.54, 1.807) is 0 Å². The molecule has 0 aliphatic heterocycles. The summed E-state index contributed by atoms with van der Waals surface area (Å²) in [5.41, 5.74) is 1.97. The molecule has 0 saturated carbocycles. The summed E-state index contributed by atoms with van der Waals surface area (Å²) >= 11 is 0. The van der Waals surface area contributed by atoms with Crippen LogP contribution in [0.4, 0.5) is 0 Å². The third kappa shape index (κ3) is 4.50. The van der Waals surface area contributed by atoms with Gasteiger partial charge in [0.2, 0.25) is 0 Å². The van der Waals surface area contributed by atoms with E-state index in [-0.39, 0.29) is 6.61 Å². The molecule has 112 valence electrons. The van der Waals surface area contributed by atoms with Gasteiger partial charge in [0.25, 0.3) is 0 Å². The molecule has 2 aromatic carbocycles. The lowest BCUT2D eigenvalue weighted by Gasteiger charge is -2.15. The van der Waals surface area contributed by atoms with E-state index in [2.05, 4.69) is 6.92 Å². The van der Waals surface area contributed by atoms with Gasteiger partial charge in [-0.25, -0.2) is 0 Å². The van der Waals surface area contributed by atoms with E-state index < -0.39 is 6.10 Å². The van der Waals surface area contributed by atoms with Crippen molar-refractivity contribution < 1.29 is 14.6 Å². The fourth-order valence-corrected chi connectivity index (χ4v) is 2.08. The first kappa shape index (κ1) is 15.4. The van der Waals surface area contributed by atoms with E-state index in [9.17, 15) is 5.11 Å². The number of aliphatic hydroxyl groups excluding tert-OH is 1. The van der Waals surface area contributed by atoms with E-state index in [4.69, 9.17) is 9.47 Å². The van der Waals surface area contributed by atoms with E-state index >= 15 is 0 Å². The molecule has 21 heavy (non-hydrogen) atoms. The lowest BCUT2D eigenvalue weighted by molar-refractivity contribution is 0.107. The molecule has 0 aliphatic rings. The summed E-state index contributed by atoms with van der Waals surface area (Å²) < 4.78 is 11.1. The fourth-order valence-electron chi connectivity index (χ4n) is 2.08. The minimum atomic E-state index is -0.623. The molecule has 0 saturated heterocycles. The second-order valence-corrected chi connectivity index (χ2v) is 5.00. The second-order valence-electron chi connectivity index (χ2n) is 5.00. The predicted molar refractivity (Wildman–Crippen MR) is 83.9 cm³/mol. The van der Waals surface area contributed by atoms with Crippen molar-refractivity contribution in [3.05, 3.63) is 59.7 Å². The third-order valence-electron chi connectivity index (χ3n) is 3.25. The first-order valence-corrected chi connectivity index (χ1v) is 7.30. The quantitative estimate of drug-likeness (QED) is 0.839. The van der Waals surface area contributed by atoms with E-state index in [0.29, 0.717) is 6.61 Å². The van der Waals surface area contributed by atoms with Crippen LogP contribution in [0.15, 0.2) is 48.5 Å². The van der Waals surface area contributed by atoms with Crippen molar-refractivity contribution in [3.63, 3.8) is 0 Å². The van der Waals surface area contributed by atoms with Crippen molar-refractivity contribution in [3.8, 4) is 11.5 Å². The molecular weight excluding hydrogens is 264 g/mol. The van der Waals surface area contributed by atoms with E-state index in [1.165, 1.54) is 0 Å². The topological polar surface area (TPSA) is 38.7 Å². The Morgan fingerprint density at radius 2 is 1.57 bits per heavy atom. The standard InChI is InChI=1S/C18H22O3/c1-3-12-20-15-8-10-16(11-9-15)21-13-18(19)17-7-5-4-6-14(17)2/h4-11,18-19H,3,12-13H2,1-2H3. The minimum Gasteiger partial charge on any atom is -0.494 e. The molecule has 1 atom stereocenters. The summed E-state index contributed by atoms with van der Waals surface area (Å²) in [6, 6.07) is 15.3. The fraction of sp³-hybridized carbons (Fsp3) is 0.333. The molecule has 0 fully saturated rings. The molecule has 0 spiro atoms. The van der Waals surface area contributed by atoms with Crippen LogP contribution in [0.25, 0.3) is 0 Å². The summed E-state index contributed by atoms with van der Waals surface area (Å²) in [4.78, 5) is 0. The van der Waals surface area contributed by atoms with Gasteiger partial charge < -0.3 is 14.6 Å². The zero-order valence-electron chi connectivity index (χ0n) is 12.6. The SMILES string of the molecule is CCCOc1ccc(OCC(O)c2ccccc2C)cc1. The minimum absolute atomic E-state index is 0.236. The normalized spacial score (nSPS) is 12.0. The van der Waals surface area contributed by atoms with Crippen LogP contribution in [-0.4, -0.2) is 18.3 Å². The number of rotatable bonds is 7. The first-order valence-electron chi connectivity index (χ1n) is 7.30. The molecule has 1 unspecified atom stereocenters. The highest BCUT2D eigenvalue weighted by Crippen LogP contribution is 2.21. The molecule has 0 aromatic heterocycles. The molecule has 2 rings (SSSR count). The molecule has 1 N–H and O–H groups in total. The number of aryl methyl sites for hydroxylation is 1. The van der Waals surface area contributed by atoms with Crippen molar-refractivity contribution in [2.75, 3.05) is 13.2 Å². The van der Waals surface area contributed by atoms with Crippen molar-refractivity contribution in [2.24, 2.45) is 0 Å². The predicted octanol–water partition coefficient (Wildman–Crippen LogP) is 3.90. The summed E-state index contributed by atoms with van der Waals surface area (Å²) in [5.74, 6) is 1.56. The highest BCUT2D eigenvalue weighted by molar-refractivity contribution is 5.32. The average Bonchev–Trinajstić information content (AvgIpc) is 2.52. The molecule has 3 nitrogen and oxygen atoms in total. The Hall–Kier alpha value is -2.00. The number of aliphatic hydroxyl groups is 1. The molecule has 0 amide bonds. The highest BCUT2D eigenvalue weighted by Gasteiger charge is 2.10. The largest absolute Gasteiger partial charge is 0.494 e. The first-order chi connectivity index (χ1) is 10.2.